The molecule has 0 aliphatic carbocycles. The van der Waals surface area contributed by atoms with E-state index >= 15 is 0 Å². The molecule has 0 N–H and O–H groups in total. The summed E-state index contributed by atoms with van der Waals surface area (Å²) in [4.78, 5) is 0. The Morgan fingerprint density at radius 3 is 1.45 bits per heavy atom. The van der Waals surface area contributed by atoms with E-state index in [1.54, 1.807) is 0 Å². The van der Waals surface area contributed by atoms with Crippen molar-refractivity contribution in [2.24, 2.45) is 0 Å². The molecular weight excluding hydrogens is 178 g/mol. The summed E-state index contributed by atoms with van der Waals surface area (Å²) in [6.07, 6.45) is -9.96. The molecule has 0 unspecified atom stereocenters. The zero-order chi connectivity index (χ0) is 9.28. The summed E-state index contributed by atoms with van der Waals surface area (Å²) in [5.41, 5.74) is 0. The Morgan fingerprint density at radius 1 is 1.09 bits per heavy atom. The summed E-state index contributed by atoms with van der Waals surface area (Å²) in [6.45, 7) is 0. The predicted octanol–water partition coefficient (Wildman–Crippen LogP) is 2.13. The second kappa shape index (κ2) is 2.88. The van der Waals surface area contributed by atoms with Crippen molar-refractivity contribution in [1.82, 2.24) is 0 Å². The van der Waals surface area contributed by atoms with Crippen LogP contribution in [-0.2, 0) is 4.74 Å². The van der Waals surface area contributed by atoms with Crippen molar-refractivity contribution in [2.45, 2.75) is 18.5 Å². The van der Waals surface area contributed by atoms with E-state index in [4.69, 9.17) is 0 Å². The zero-order valence-electron chi connectivity index (χ0n) is 5.25. The maximum Gasteiger partial charge on any atom is 0.454 e. The van der Waals surface area contributed by atoms with Crippen LogP contribution in [0.5, 0.6) is 0 Å². The molecule has 11 heavy (non-hydrogen) atoms. The Labute approximate surface area is 57.9 Å². The average molecular weight is 182 g/mol. The van der Waals surface area contributed by atoms with E-state index in [0.29, 0.717) is 0 Å². The molecule has 0 aromatic heterocycles. The first-order valence-corrected chi connectivity index (χ1v) is 2.34. The summed E-state index contributed by atoms with van der Waals surface area (Å²) in [7, 11) is 0.222. The summed E-state index contributed by atoms with van der Waals surface area (Å²) < 4.78 is 71.9. The second-order valence-corrected chi connectivity index (χ2v) is 1.65. The highest BCUT2D eigenvalue weighted by atomic mass is 19.4. The monoisotopic (exact) mass is 182 g/mol. The molecule has 0 amide bonds. The van der Waals surface area contributed by atoms with Crippen LogP contribution >= 0.6 is 0 Å². The van der Waals surface area contributed by atoms with Gasteiger partial charge in [-0.25, -0.2) is 8.78 Å². The molecule has 1 atom stereocenters. The van der Waals surface area contributed by atoms with Gasteiger partial charge in [0.25, 0.3) is 0 Å². The lowest BCUT2D eigenvalue weighted by Crippen LogP contribution is -2.48. The van der Waals surface area contributed by atoms with E-state index in [1.807, 2.05) is 0 Å². The lowest BCUT2D eigenvalue weighted by atomic mass is 10.3. The van der Waals surface area contributed by atoms with E-state index in [-0.39, 0.29) is 7.11 Å². The molecule has 0 aromatic carbocycles. The lowest BCUT2D eigenvalue weighted by Gasteiger charge is -2.24. The fourth-order valence-corrected chi connectivity index (χ4v) is 0.329. The van der Waals surface area contributed by atoms with Crippen LogP contribution in [0.3, 0.4) is 0 Å². The number of halogens is 6. The number of hydrogen-bond acceptors (Lipinski definition) is 1. The third-order valence-corrected chi connectivity index (χ3v) is 0.964. The van der Waals surface area contributed by atoms with Gasteiger partial charge in [0, 0.05) is 7.11 Å². The van der Waals surface area contributed by atoms with E-state index in [9.17, 15) is 26.3 Å². The Balaban J connectivity index is 4.61. The first kappa shape index (κ1) is 10.5. The summed E-state index contributed by atoms with van der Waals surface area (Å²) in [6, 6.07) is 0. The molecule has 0 bridgehead atoms. The van der Waals surface area contributed by atoms with Crippen LogP contribution in [0.4, 0.5) is 26.3 Å². The van der Waals surface area contributed by atoms with Crippen LogP contribution in [0.15, 0.2) is 0 Å². The molecule has 7 heteroatoms. The highest BCUT2D eigenvalue weighted by Gasteiger charge is 2.64. The third-order valence-electron chi connectivity index (χ3n) is 0.964. The van der Waals surface area contributed by atoms with E-state index in [0.717, 1.165) is 0 Å². The minimum Gasteiger partial charge on any atom is -0.338 e. The molecule has 0 aromatic rings. The summed E-state index contributed by atoms with van der Waals surface area (Å²) in [5.74, 6) is -4.85. The van der Waals surface area contributed by atoms with Crippen LogP contribution in [0.25, 0.3) is 0 Å². The van der Waals surface area contributed by atoms with Crippen molar-refractivity contribution in [2.75, 3.05) is 7.11 Å². The minimum atomic E-state index is -5.71. The molecule has 68 valence electrons. The molecule has 0 radical (unpaired) electrons. The van der Waals surface area contributed by atoms with Gasteiger partial charge in [0.2, 0.25) is 0 Å². The summed E-state index contributed by atoms with van der Waals surface area (Å²) in [5, 5.41) is 0. The largest absolute Gasteiger partial charge is 0.454 e. The molecule has 0 spiro atoms. The quantitative estimate of drug-likeness (QED) is 0.594. The van der Waals surface area contributed by atoms with Gasteiger partial charge in [-0.3, -0.25) is 0 Å². The topological polar surface area (TPSA) is 9.23 Å². The minimum absolute atomic E-state index is 0.222. The first-order valence-electron chi connectivity index (χ1n) is 2.34. The molecule has 1 nitrogen and oxygen atoms in total. The van der Waals surface area contributed by atoms with Crippen molar-refractivity contribution < 1.29 is 31.1 Å². The van der Waals surface area contributed by atoms with Gasteiger partial charge in [0.05, 0.1) is 0 Å². The normalized spacial score (nSPS) is 18.5. The number of rotatable bonds is 2. The van der Waals surface area contributed by atoms with Crippen molar-refractivity contribution in [3.8, 4) is 0 Å². The van der Waals surface area contributed by atoms with Gasteiger partial charge in [-0.1, -0.05) is 0 Å². The van der Waals surface area contributed by atoms with Gasteiger partial charge in [-0.2, -0.15) is 17.6 Å². The maximum atomic E-state index is 12.1. The molecule has 0 saturated heterocycles. The van der Waals surface area contributed by atoms with Gasteiger partial charge >= 0.3 is 18.5 Å². The second-order valence-electron chi connectivity index (χ2n) is 1.65. The highest BCUT2D eigenvalue weighted by molar-refractivity contribution is 4.79. The Bertz CT molecular complexity index is 131. The smallest absolute Gasteiger partial charge is 0.338 e. The third kappa shape index (κ3) is 1.76. The first-order chi connectivity index (χ1) is 4.75. The van der Waals surface area contributed by atoms with Crippen LogP contribution in [0.2, 0.25) is 0 Å². The van der Waals surface area contributed by atoms with E-state index in [2.05, 4.69) is 4.74 Å². The van der Waals surface area contributed by atoms with Crippen molar-refractivity contribution in [3.63, 3.8) is 0 Å². The predicted molar refractivity (Wildman–Crippen MR) is 22.9 cm³/mol. The lowest BCUT2D eigenvalue weighted by molar-refractivity contribution is -0.361. The van der Waals surface area contributed by atoms with Crippen molar-refractivity contribution in [3.05, 3.63) is 0 Å². The Hall–Kier alpha value is -0.460. The SMILES string of the molecule is CO[C@](F)(C(F)F)C(F)(F)F. The number of ether oxygens (including phenoxy) is 1. The summed E-state index contributed by atoms with van der Waals surface area (Å²) >= 11 is 0. The molecule has 0 fully saturated rings. The number of methoxy groups -OCH3 is 1. The van der Waals surface area contributed by atoms with Crippen molar-refractivity contribution in [1.29, 1.82) is 0 Å². The molecule has 0 saturated carbocycles. The van der Waals surface area contributed by atoms with E-state index in [1.165, 1.54) is 0 Å². The van der Waals surface area contributed by atoms with Crippen molar-refractivity contribution >= 4 is 0 Å². The van der Waals surface area contributed by atoms with Crippen LogP contribution in [0, 0.1) is 0 Å². The van der Waals surface area contributed by atoms with Gasteiger partial charge in [0.15, 0.2) is 0 Å². The standard InChI is InChI=1S/C4H4F6O/c1-11-3(7,2(5)6)4(8,9)10/h2H,1H3/t3-/m1/s1. The molecule has 0 rings (SSSR count). The maximum absolute atomic E-state index is 12.1. The van der Waals surface area contributed by atoms with Gasteiger partial charge in [0.1, 0.15) is 0 Å². The number of alkyl halides is 6. The van der Waals surface area contributed by atoms with Crippen LogP contribution in [-0.4, -0.2) is 25.6 Å². The van der Waals surface area contributed by atoms with Gasteiger partial charge in [-0.05, 0) is 0 Å². The highest BCUT2D eigenvalue weighted by Crippen LogP contribution is 2.39. The Kier molecular flexibility index (Phi) is 2.76. The average Bonchev–Trinajstić information content (AvgIpc) is 1.83. The Morgan fingerprint density at radius 2 is 1.45 bits per heavy atom. The molecule has 0 aliphatic rings. The fraction of sp³-hybridized carbons (Fsp3) is 1.00. The molecule has 0 aliphatic heterocycles. The zero-order valence-corrected chi connectivity index (χ0v) is 5.25. The van der Waals surface area contributed by atoms with Gasteiger partial charge in [-0.15, -0.1) is 0 Å². The van der Waals surface area contributed by atoms with Crippen LogP contribution in [0.1, 0.15) is 0 Å². The fourth-order valence-electron chi connectivity index (χ4n) is 0.329. The van der Waals surface area contributed by atoms with E-state index < -0.39 is 18.5 Å². The van der Waals surface area contributed by atoms with Gasteiger partial charge < -0.3 is 4.74 Å². The number of hydrogen-bond donors (Lipinski definition) is 0. The molecular formula is C4H4F6O. The van der Waals surface area contributed by atoms with Crippen LogP contribution < -0.4 is 0 Å². The molecule has 0 heterocycles.